The highest BCUT2D eigenvalue weighted by atomic mass is 35.5. The molecule has 0 saturated heterocycles. The highest BCUT2D eigenvalue weighted by Crippen LogP contribution is 2.25. The molecule has 1 heterocycles. The zero-order valence-electron chi connectivity index (χ0n) is 12.8. The van der Waals surface area contributed by atoms with Crippen LogP contribution in [0.4, 0.5) is 0 Å². The topological polar surface area (TPSA) is 16.1 Å². The predicted octanol–water partition coefficient (Wildman–Crippen LogP) is 5.17. The van der Waals surface area contributed by atoms with Crippen LogP contribution in [-0.4, -0.2) is 23.0 Å². The minimum Gasteiger partial charge on any atom is -0.299 e. The first-order valence-electron chi connectivity index (χ1n) is 7.58. The zero-order valence-corrected chi connectivity index (χ0v) is 14.4. The van der Waals surface area contributed by atoms with Crippen LogP contribution >= 0.6 is 22.9 Å². The molecule has 1 aromatic heterocycles. The summed E-state index contributed by atoms with van der Waals surface area (Å²) in [7, 11) is 0. The Labute approximate surface area is 136 Å². The smallest absolute Gasteiger partial charge is 0.123 e. The van der Waals surface area contributed by atoms with Crippen molar-refractivity contribution >= 4 is 22.9 Å². The number of thiazole rings is 1. The van der Waals surface area contributed by atoms with Crippen molar-refractivity contribution in [2.75, 3.05) is 13.1 Å². The lowest BCUT2D eigenvalue weighted by Gasteiger charge is -2.20. The maximum Gasteiger partial charge on any atom is 0.123 e. The van der Waals surface area contributed by atoms with Crippen LogP contribution in [0.25, 0.3) is 10.6 Å². The van der Waals surface area contributed by atoms with E-state index >= 15 is 0 Å². The lowest BCUT2D eigenvalue weighted by Crippen LogP contribution is -2.23. The fraction of sp³-hybridized carbons (Fsp3) is 0.471. The Morgan fingerprint density at radius 1 is 1.29 bits per heavy atom. The molecule has 0 spiro atoms. The van der Waals surface area contributed by atoms with Crippen molar-refractivity contribution in [3.63, 3.8) is 0 Å². The molecular formula is C17H23ClN2S. The molecule has 0 aliphatic carbocycles. The average Bonchev–Trinajstić information content (AvgIpc) is 3.01. The van der Waals surface area contributed by atoms with Crippen LogP contribution in [0.2, 0.25) is 0 Å². The van der Waals surface area contributed by atoms with Crippen LogP contribution in [0.1, 0.15) is 37.9 Å². The van der Waals surface area contributed by atoms with Gasteiger partial charge in [-0.1, -0.05) is 38.5 Å². The third kappa shape index (κ3) is 4.80. The molecule has 0 aliphatic heterocycles. The van der Waals surface area contributed by atoms with E-state index in [0.717, 1.165) is 23.8 Å². The number of hydrogen-bond donors (Lipinski definition) is 0. The molecule has 0 radical (unpaired) electrons. The average molecular weight is 323 g/mol. The number of hydrogen-bond acceptors (Lipinski definition) is 3. The van der Waals surface area contributed by atoms with E-state index in [1.165, 1.54) is 30.5 Å². The Morgan fingerprint density at radius 3 is 2.81 bits per heavy atom. The second-order valence-electron chi connectivity index (χ2n) is 5.20. The van der Waals surface area contributed by atoms with Gasteiger partial charge in [0.05, 0.1) is 11.6 Å². The summed E-state index contributed by atoms with van der Waals surface area (Å²) in [5.41, 5.74) is 3.51. The Kier molecular flexibility index (Phi) is 6.68. The fourth-order valence-electron chi connectivity index (χ4n) is 2.29. The summed E-state index contributed by atoms with van der Waals surface area (Å²) in [4.78, 5) is 7.06. The summed E-state index contributed by atoms with van der Waals surface area (Å²) in [5, 5.41) is 3.10. The van der Waals surface area contributed by atoms with Gasteiger partial charge in [-0.15, -0.1) is 22.9 Å². The lowest BCUT2D eigenvalue weighted by molar-refractivity contribution is 0.275. The van der Waals surface area contributed by atoms with E-state index in [1.807, 2.05) is 5.38 Å². The van der Waals surface area contributed by atoms with E-state index in [0.29, 0.717) is 5.88 Å². The number of unbranched alkanes of at least 4 members (excludes halogenated alkanes) is 1. The first-order valence-corrected chi connectivity index (χ1v) is 9.00. The monoisotopic (exact) mass is 322 g/mol. The van der Waals surface area contributed by atoms with Gasteiger partial charge in [0.15, 0.2) is 0 Å². The number of alkyl halides is 1. The highest BCUT2D eigenvalue weighted by molar-refractivity contribution is 7.13. The number of halogens is 1. The van der Waals surface area contributed by atoms with Gasteiger partial charge >= 0.3 is 0 Å². The van der Waals surface area contributed by atoms with Crippen molar-refractivity contribution in [3.05, 3.63) is 40.9 Å². The summed E-state index contributed by atoms with van der Waals surface area (Å²) in [5.74, 6) is 0.483. The van der Waals surface area contributed by atoms with Gasteiger partial charge in [-0.25, -0.2) is 4.98 Å². The van der Waals surface area contributed by atoms with Gasteiger partial charge in [0.1, 0.15) is 5.01 Å². The van der Waals surface area contributed by atoms with Gasteiger partial charge in [0.25, 0.3) is 0 Å². The molecule has 0 N–H and O–H groups in total. The van der Waals surface area contributed by atoms with Crippen LogP contribution in [0.3, 0.4) is 0 Å². The molecule has 114 valence electrons. The molecule has 0 bridgehead atoms. The van der Waals surface area contributed by atoms with Gasteiger partial charge < -0.3 is 0 Å². The Bertz CT molecular complexity index is 553. The summed E-state index contributed by atoms with van der Waals surface area (Å²) in [6.45, 7) is 7.75. The van der Waals surface area contributed by atoms with Crippen molar-refractivity contribution in [2.24, 2.45) is 0 Å². The van der Waals surface area contributed by atoms with Crippen LogP contribution in [0, 0.1) is 0 Å². The fourth-order valence-corrected chi connectivity index (χ4v) is 3.34. The van der Waals surface area contributed by atoms with Gasteiger partial charge in [-0.05, 0) is 31.1 Å². The van der Waals surface area contributed by atoms with E-state index in [-0.39, 0.29) is 0 Å². The molecule has 0 amide bonds. The molecule has 2 rings (SSSR count). The normalized spacial score (nSPS) is 11.2. The molecule has 0 unspecified atom stereocenters. The second kappa shape index (κ2) is 8.52. The van der Waals surface area contributed by atoms with E-state index in [9.17, 15) is 0 Å². The van der Waals surface area contributed by atoms with E-state index in [1.54, 1.807) is 11.3 Å². The highest BCUT2D eigenvalue weighted by Gasteiger charge is 2.07. The minimum absolute atomic E-state index is 0.483. The van der Waals surface area contributed by atoms with Gasteiger partial charge in [-0.2, -0.15) is 0 Å². The Hall–Kier alpha value is -0.900. The van der Waals surface area contributed by atoms with Crippen molar-refractivity contribution in [1.29, 1.82) is 0 Å². The molecule has 0 atom stereocenters. The summed E-state index contributed by atoms with van der Waals surface area (Å²) < 4.78 is 0. The SMILES string of the molecule is CCCCN(CC)Cc1cccc(-c2nc(CCl)cs2)c1. The van der Waals surface area contributed by atoms with E-state index in [4.69, 9.17) is 11.6 Å². The van der Waals surface area contributed by atoms with Crippen LogP contribution in [-0.2, 0) is 12.4 Å². The van der Waals surface area contributed by atoms with Crippen molar-refractivity contribution < 1.29 is 0 Å². The van der Waals surface area contributed by atoms with Crippen molar-refractivity contribution in [1.82, 2.24) is 9.88 Å². The quantitative estimate of drug-likeness (QED) is 0.623. The van der Waals surface area contributed by atoms with Crippen LogP contribution in [0.5, 0.6) is 0 Å². The van der Waals surface area contributed by atoms with Crippen molar-refractivity contribution in [3.8, 4) is 10.6 Å². The molecular weight excluding hydrogens is 300 g/mol. The van der Waals surface area contributed by atoms with E-state index in [2.05, 4.69) is 48.0 Å². The standard InChI is InChI=1S/C17H23ClN2S/c1-3-5-9-20(4-2)12-14-7-6-8-15(10-14)17-19-16(11-18)13-21-17/h6-8,10,13H,3-5,9,11-12H2,1-2H3. The number of benzene rings is 1. The molecule has 0 saturated carbocycles. The molecule has 0 fully saturated rings. The number of rotatable bonds is 8. The molecule has 21 heavy (non-hydrogen) atoms. The third-order valence-corrected chi connectivity index (χ3v) is 4.76. The molecule has 0 aliphatic rings. The maximum atomic E-state index is 5.83. The Balaban J connectivity index is 2.09. The van der Waals surface area contributed by atoms with Gasteiger partial charge in [0.2, 0.25) is 0 Å². The molecule has 2 nitrogen and oxygen atoms in total. The first-order chi connectivity index (χ1) is 10.3. The van der Waals surface area contributed by atoms with Gasteiger partial charge in [0, 0.05) is 17.5 Å². The first kappa shape index (κ1) is 16.5. The minimum atomic E-state index is 0.483. The molecule has 4 heteroatoms. The largest absolute Gasteiger partial charge is 0.299 e. The van der Waals surface area contributed by atoms with E-state index < -0.39 is 0 Å². The maximum absolute atomic E-state index is 5.83. The van der Waals surface area contributed by atoms with Crippen LogP contribution < -0.4 is 0 Å². The number of nitrogens with zero attached hydrogens (tertiary/aromatic N) is 2. The lowest BCUT2D eigenvalue weighted by atomic mass is 10.1. The molecule has 1 aromatic carbocycles. The Morgan fingerprint density at radius 2 is 2.14 bits per heavy atom. The summed E-state index contributed by atoms with van der Waals surface area (Å²) in [6.07, 6.45) is 2.51. The zero-order chi connectivity index (χ0) is 15.1. The molecule has 2 aromatic rings. The number of aromatic nitrogens is 1. The van der Waals surface area contributed by atoms with Crippen LogP contribution in [0.15, 0.2) is 29.6 Å². The van der Waals surface area contributed by atoms with Gasteiger partial charge in [-0.3, -0.25) is 4.90 Å². The summed E-state index contributed by atoms with van der Waals surface area (Å²) in [6, 6.07) is 8.71. The third-order valence-electron chi connectivity index (χ3n) is 3.54. The second-order valence-corrected chi connectivity index (χ2v) is 6.33. The summed E-state index contributed by atoms with van der Waals surface area (Å²) >= 11 is 7.50. The predicted molar refractivity (Wildman–Crippen MR) is 93.0 cm³/mol. The van der Waals surface area contributed by atoms with Crippen molar-refractivity contribution in [2.45, 2.75) is 39.1 Å².